The van der Waals surface area contributed by atoms with Crippen LogP contribution < -0.4 is 5.73 Å². The van der Waals surface area contributed by atoms with Gasteiger partial charge in [-0.2, -0.15) is 0 Å². The molecule has 2 rings (SSSR count). The van der Waals surface area contributed by atoms with E-state index in [0.29, 0.717) is 29.7 Å². The van der Waals surface area contributed by atoms with Gasteiger partial charge in [0.25, 0.3) is 0 Å². The van der Waals surface area contributed by atoms with Gasteiger partial charge in [0.15, 0.2) is 0 Å². The maximum absolute atomic E-state index is 13.6. The normalized spacial score (nSPS) is 26.9. The summed E-state index contributed by atoms with van der Waals surface area (Å²) < 4.78 is 13.6. The van der Waals surface area contributed by atoms with Crippen LogP contribution in [0.1, 0.15) is 45.6 Å². The molecule has 0 aliphatic heterocycles. The summed E-state index contributed by atoms with van der Waals surface area (Å²) in [6.07, 6.45) is 4.43. The minimum absolute atomic E-state index is 0.283. The van der Waals surface area contributed by atoms with E-state index in [9.17, 15) is 4.39 Å². The van der Waals surface area contributed by atoms with Gasteiger partial charge >= 0.3 is 0 Å². The van der Waals surface area contributed by atoms with Crippen LogP contribution in [-0.4, -0.2) is 6.54 Å². The predicted molar refractivity (Wildman–Crippen MR) is 87.9 cm³/mol. The standard InChI is InChI=1S/C18H27ClFN/c1-18(2,3)15-8-7-13(11-21)14(10-15)9-12-5-4-6-16(20)17(12)19/h4-6,13-15H,7-11,21H2,1-3H3. The average Bonchev–Trinajstić information content (AvgIpc) is 2.43. The van der Waals surface area contributed by atoms with Crippen LogP contribution in [0.5, 0.6) is 0 Å². The largest absolute Gasteiger partial charge is 0.330 e. The Balaban J connectivity index is 2.16. The number of benzene rings is 1. The third-order valence-corrected chi connectivity index (χ3v) is 5.60. The Labute approximate surface area is 133 Å². The first kappa shape index (κ1) is 16.8. The van der Waals surface area contributed by atoms with Crippen molar-refractivity contribution in [3.8, 4) is 0 Å². The summed E-state index contributed by atoms with van der Waals surface area (Å²) >= 11 is 6.12. The fourth-order valence-corrected chi connectivity index (χ4v) is 3.87. The van der Waals surface area contributed by atoms with E-state index in [2.05, 4.69) is 20.8 Å². The first-order valence-electron chi connectivity index (χ1n) is 7.96. The number of hydrogen-bond donors (Lipinski definition) is 1. The third kappa shape index (κ3) is 3.98. The summed E-state index contributed by atoms with van der Waals surface area (Å²) in [6, 6.07) is 5.11. The molecule has 3 unspecified atom stereocenters. The van der Waals surface area contributed by atoms with E-state index in [1.165, 1.54) is 18.9 Å². The first-order chi connectivity index (χ1) is 9.82. The van der Waals surface area contributed by atoms with Crippen LogP contribution in [0, 0.1) is 29.0 Å². The van der Waals surface area contributed by atoms with Gasteiger partial charge in [-0.15, -0.1) is 0 Å². The van der Waals surface area contributed by atoms with E-state index >= 15 is 0 Å². The SMILES string of the molecule is CC(C)(C)C1CCC(CN)C(Cc2cccc(F)c2Cl)C1. The molecule has 1 saturated carbocycles. The summed E-state index contributed by atoms with van der Waals surface area (Å²) in [5, 5.41) is 0.283. The lowest BCUT2D eigenvalue weighted by molar-refractivity contribution is 0.101. The highest BCUT2D eigenvalue weighted by Crippen LogP contribution is 2.44. The Kier molecular flexibility index (Phi) is 5.32. The number of hydrogen-bond acceptors (Lipinski definition) is 1. The first-order valence-corrected chi connectivity index (χ1v) is 8.33. The van der Waals surface area contributed by atoms with Gasteiger partial charge in [-0.3, -0.25) is 0 Å². The van der Waals surface area contributed by atoms with Gasteiger partial charge in [-0.05, 0) is 67.0 Å². The van der Waals surface area contributed by atoms with Crippen molar-refractivity contribution in [3.05, 3.63) is 34.6 Å². The zero-order chi connectivity index (χ0) is 15.6. The molecule has 118 valence electrons. The molecular weight excluding hydrogens is 285 g/mol. The molecule has 2 N–H and O–H groups in total. The van der Waals surface area contributed by atoms with Crippen LogP contribution in [0.25, 0.3) is 0 Å². The van der Waals surface area contributed by atoms with Gasteiger partial charge in [0.2, 0.25) is 0 Å². The number of nitrogens with two attached hydrogens (primary N) is 1. The molecule has 3 atom stereocenters. The third-order valence-electron chi connectivity index (χ3n) is 5.18. The van der Waals surface area contributed by atoms with Crippen LogP contribution in [0.15, 0.2) is 18.2 Å². The van der Waals surface area contributed by atoms with E-state index in [4.69, 9.17) is 17.3 Å². The Morgan fingerprint density at radius 1 is 1.24 bits per heavy atom. The van der Waals surface area contributed by atoms with Crippen molar-refractivity contribution in [1.82, 2.24) is 0 Å². The van der Waals surface area contributed by atoms with Crippen molar-refractivity contribution < 1.29 is 4.39 Å². The summed E-state index contributed by atoms with van der Waals surface area (Å²) in [7, 11) is 0. The molecule has 3 heteroatoms. The Hall–Kier alpha value is -0.600. The summed E-state index contributed by atoms with van der Waals surface area (Å²) in [5.41, 5.74) is 7.21. The predicted octanol–water partition coefficient (Wildman–Crippen LogP) is 5.06. The number of halogens is 2. The second-order valence-electron chi connectivity index (χ2n) is 7.55. The molecule has 0 spiro atoms. The summed E-state index contributed by atoms with van der Waals surface area (Å²) in [5.74, 6) is 1.43. The highest BCUT2D eigenvalue weighted by molar-refractivity contribution is 6.31. The zero-order valence-electron chi connectivity index (χ0n) is 13.3. The van der Waals surface area contributed by atoms with E-state index in [1.54, 1.807) is 6.07 Å². The van der Waals surface area contributed by atoms with Crippen molar-refractivity contribution in [3.63, 3.8) is 0 Å². The molecule has 1 aromatic rings. The molecule has 1 aromatic carbocycles. The van der Waals surface area contributed by atoms with Gasteiger partial charge in [-0.1, -0.05) is 44.5 Å². The second kappa shape index (κ2) is 6.66. The smallest absolute Gasteiger partial charge is 0.142 e. The fourth-order valence-electron chi connectivity index (χ4n) is 3.66. The molecule has 21 heavy (non-hydrogen) atoms. The second-order valence-corrected chi connectivity index (χ2v) is 7.93. The highest BCUT2D eigenvalue weighted by Gasteiger charge is 2.35. The average molecular weight is 312 g/mol. The molecule has 0 radical (unpaired) electrons. The lowest BCUT2D eigenvalue weighted by Crippen LogP contribution is -2.36. The van der Waals surface area contributed by atoms with Crippen LogP contribution in [0.3, 0.4) is 0 Å². The van der Waals surface area contributed by atoms with Crippen LogP contribution in [-0.2, 0) is 6.42 Å². The molecule has 0 amide bonds. The number of rotatable bonds is 3. The van der Waals surface area contributed by atoms with Gasteiger partial charge in [-0.25, -0.2) is 4.39 Å². The Morgan fingerprint density at radius 3 is 2.57 bits per heavy atom. The monoisotopic (exact) mass is 311 g/mol. The summed E-state index contributed by atoms with van der Waals surface area (Å²) in [4.78, 5) is 0. The lowest BCUT2D eigenvalue weighted by Gasteiger charge is -2.42. The van der Waals surface area contributed by atoms with Crippen LogP contribution >= 0.6 is 11.6 Å². The van der Waals surface area contributed by atoms with Crippen molar-refractivity contribution >= 4 is 11.6 Å². The molecule has 0 saturated heterocycles. The molecule has 1 nitrogen and oxygen atoms in total. The van der Waals surface area contributed by atoms with E-state index in [-0.39, 0.29) is 10.8 Å². The lowest BCUT2D eigenvalue weighted by atomic mass is 9.64. The molecule has 0 aromatic heterocycles. The fraction of sp³-hybridized carbons (Fsp3) is 0.667. The molecular formula is C18H27ClFN. The van der Waals surface area contributed by atoms with Gasteiger partial charge in [0.1, 0.15) is 5.82 Å². The maximum atomic E-state index is 13.6. The molecule has 0 bridgehead atoms. The quantitative estimate of drug-likeness (QED) is 0.829. The molecule has 0 heterocycles. The van der Waals surface area contributed by atoms with Crippen LogP contribution in [0.4, 0.5) is 4.39 Å². The maximum Gasteiger partial charge on any atom is 0.142 e. The minimum atomic E-state index is -0.318. The molecule has 1 aliphatic carbocycles. The Bertz CT molecular complexity index is 481. The van der Waals surface area contributed by atoms with E-state index in [0.717, 1.165) is 18.4 Å². The van der Waals surface area contributed by atoms with Crippen molar-refractivity contribution in [2.24, 2.45) is 28.9 Å². The van der Waals surface area contributed by atoms with Crippen LogP contribution in [0.2, 0.25) is 5.02 Å². The zero-order valence-corrected chi connectivity index (χ0v) is 14.1. The van der Waals surface area contributed by atoms with Gasteiger partial charge in [0.05, 0.1) is 5.02 Å². The van der Waals surface area contributed by atoms with Crippen molar-refractivity contribution in [2.45, 2.75) is 46.5 Å². The van der Waals surface area contributed by atoms with Gasteiger partial charge < -0.3 is 5.73 Å². The Morgan fingerprint density at radius 2 is 1.95 bits per heavy atom. The van der Waals surface area contributed by atoms with Gasteiger partial charge in [0, 0.05) is 0 Å². The molecule has 1 aliphatic rings. The van der Waals surface area contributed by atoms with Crippen molar-refractivity contribution in [1.29, 1.82) is 0 Å². The topological polar surface area (TPSA) is 26.0 Å². The minimum Gasteiger partial charge on any atom is -0.330 e. The van der Waals surface area contributed by atoms with E-state index in [1.807, 2.05) is 6.07 Å². The highest BCUT2D eigenvalue weighted by atomic mass is 35.5. The summed E-state index contributed by atoms with van der Waals surface area (Å²) in [6.45, 7) is 7.65. The molecule has 1 fully saturated rings. The van der Waals surface area contributed by atoms with E-state index < -0.39 is 0 Å². The van der Waals surface area contributed by atoms with Crippen molar-refractivity contribution in [2.75, 3.05) is 6.54 Å².